The van der Waals surface area contributed by atoms with Gasteiger partial charge >= 0.3 is 6.18 Å². The molecule has 1 fully saturated rings. The van der Waals surface area contributed by atoms with Crippen molar-refractivity contribution < 1.29 is 22.8 Å². The van der Waals surface area contributed by atoms with E-state index >= 15 is 0 Å². The van der Waals surface area contributed by atoms with Crippen molar-refractivity contribution in [1.82, 2.24) is 9.88 Å². The number of carbonyl (C=O) groups excluding carboxylic acids is 2. The Morgan fingerprint density at radius 1 is 1.07 bits per heavy atom. The smallest absolute Gasteiger partial charge is 0.343 e. The van der Waals surface area contributed by atoms with E-state index in [0.29, 0.717) is 11.1 Å². The molecule has 0 spiro atoms. The number of hydrogen-bond donors (Lipinski definition) is 1. The number of rotatable bonds is 3. The van der Waals surface area contributed by atoms with Gasteiger partial charge in [0, 0.05) is 23.6 Å². The average molecular weight is 404 g/mol. The number of aromatic nitrogens is 1. The Morgan fingerprint density at radius 2 is 1.82 bits per heavy atom. The first kappa shape index (κ1) is 18.5. The maximum absolute atomic E-state index is 13.3. The van der Waals surface area contributed by atoms with Gasteiger partial charge in [0.1, 0.15) is 5.25 Å². The highest BCUT2D eigenvalue weighted by Gasteiger charge is 2.36. The van der Waals surface area contributed by atoms with Crippen LogP contribution in [0.2, 0.25) is 0 Å². The number of imide groups is 1. The summed E-state index contributed by atoms with van der Waals surface area (Å²) in [4.78, 5) is 24.0. The fourth-order valence-corrected chi connectivity index (χ4v) is 4.77. The van der Waals surface area contributed by atoms with Gasteiger partial charge in [0.15, 0.2) is 0 Å². The fraction of sp³-hybridized carbons (Fsp3) is 0.150. The lowest BCUT2D eigenvalue weighted by molar-refractivity contribution is -0.138. The van der Waals surface area contributed by atoms with Crippen LogP contribution in [0.5, 0.6) is 0 Å². The minimum absolute atomic E-state index is 0.0362. The third-order valence-corrected chi connectivity index (χ3v) is 6.39. The number of halogens is 3. The summed E-state index contributed by atoms with van der Waals surface area (Å²) in [7, 11) is -1.04. The van der Waals surface area contributed by atoms with Gasteiger partial charge in [-0.2, -0.15) is 13.2 Å². The van der Waals surface area contributed by atoms with Gasteiger partial charge in [0.05, 0.1) is 5.56 Å². The summed E-state index contributed by atoms with van der Waals surface area (Å²) in [6, 6.07) is 12.5. The molecule has 3 aromatic rings. The van der Waals surface area contributed by atoms with Crippen molar-refractivity contribution >= 4 is 38.4 Å². The molecule has 1 N–H and O–H groups in total. The third-order valence-electron chi connectivity index (χ3n) is 4.78. The summed E-state index contributed by atoms with van der Waals surface area (Å²) < 4.78 is 41.6. The van der Waals surface area contributed by atoms with E-state index in [-0.39, 0.29) is 12.1 Å². The molecular weight excluding hydrogens is 389 g/mol. The number of alkyl halides is 3. The lowest BCUT2D eigenvalue weighted by Crippen LogP contribution is -2.20. The van der Waals surface area contributed by atoms with Crippen LogP contribution in [0.15, 0.2) is 54.7 Å². The molecular formula is C20H15F3N2O2S. The maximum atomic E-state index is 13.3. The second-order valence-electron chi connectivity index (χ2n) is 6.46. The predicted molar refractivity (Wildman–Crippen MR) is 103 cm³/mol. The van der Waals surface area contributed by atoms with E-state index in [9.17, 15) is 22.8 Å². The van der Waals surface area contributed by atoms with Crippen LogP contribution in [-0.4, -0.2) is 21.6 Å². The van der Waals surface area contributed by atoms with E-state index in [1.165, 1.54) is 12.1 Å². The summed E-state index contributed by atoms with van der Waals surface area (Å²) in [5.74, 6) is 3.41. The first-order valence-corrected chi connectivity index (χ1v) is 9.83. The Balaban J connectivity index is 1.78. The quantitative estimate of drug-likeness (QED) is 0.644. The minimum atomic E-state index is -4.44. The van der Waals surface area contributed by atoms with Crippen LogP contribution >= 0.6 is 10.5 Å². The van der Waals surface area contributed by atoms with E-state index < -0.39 is 38.6 Å². The van der Waals surface area contributed by atoms with Gasteiger partial charge in [0.25, 0.3) is 5.24 Å². The highest BCUT2D eigenvalue weighted by atomic mass is 32.2. The zero-order valence-corrected chi connectivity index (χ0v) is 15.3. The first-order chi connectivity index (χ1) is 13.3. The van der Waals surface area contributed by atoms with Crippen molar-refractivity contribution in [1.29, 1.82) is 0 Å². The second kappa shape index (κ2) is 6.63. The molecule has 1 aromatic heterocycles. The van der Waals surface area contributed by atoms with Crippen LogP contribution < -0.4 is 5.32 Å². The lowest BCUT2D eigenvalue weighted by Gasteiger charge is -2.14. The van der Waals surface area contributed by atoms with Crippen LogP contribution in [0.3, 0.4) is 0 Å². The molecule has 2 heterocycles. The van der Waals surface area contributed by atoms with E-state index in [4.69, 9.17) is 0 Å². The minimum Gasteiger partial charge on any atom is -0.343 e. The van der Waals surface area contributed by atoms with Gasteiger partial charge in [-0.1, -0.05) is 46.7 Å². The highest BCUT2D eigenvalue weighted by Crippen LogP contribution is 2.42. The Labute approximate surface area is 160 Å². The Bertz CT molecular complexity index is 1130. The molecule has 0 radical (unpaired) electrons. The lowest BCUT2D eigenvalue weighted by atomic mass is 10.1. The van der Waals surface area contributed by atoms with Crippen molar-refractivity contribution in [3.63, 3.8) is 0 Å². The zero-order chi connectivity index (χ0) is 20.1. The van der Waals surface area contributed by atoms with E-state index in [2.05, 4.69) is 11.2 Å². The molecule has 2 atom stereocenters. The molecule has 0 aliphatic carbocycles. The number of amides is 2. The van der Waals surface area contributed by atoms with Crippen LogP contribution in [0.1, 0.15) is 21.9 Å². The molecule has 2 aromatic carbocycles. The maximum Gasteiger partial charge on any atom is 0.416 e. The summed E-state index contributed by atoms with van der Waals surface area (Å²) in [6.45, 7) is 0.0362. The molecule has 0 saturated carbocycles. The normalized spacial score (nSPS) is 20.0. The summed E-state index contributed by atoms with van der Waals surface area (Å²) in [5.41, 5.74) is 0.831. The molecule has 8 heteroatoms. The molecule has 4 rings (SSSR count). The molecule has 0 bridgehead atoms. The number of fused-ring (bicyclic) bond motifs is 1. The number of benzene rings is 2. The van der Waals surface area contributed by atoms with Gasteiger partial charge < -0.3 is 4.57 Å². The third kappa shape index (κ3) is 3.03. The van der Waals surface area contributed by atoms with Crippen LogP contribution in [0.25, 0.3) is 10.9 Å². The van der Waals surface area contributed by atoms with Gasteiger partial charge in [-0.3, -0.25) is 14.9 Å². The summed E-state index contributed by atoms with van der Waals surface area (Å²) in [6.07, 6.45) is -2.74. The average Bonchev–Trinajstić information content (AvgIpc) is 3.15. The molecule has 1 aliphatic heterocycles. The SMILES string of the molecule is C=S1C(=O)NC(=O)C1c1cccc2c1ccn2Cc1ccccc1C(F)(F)F. The van der Waals surface area contributed by atoms with Crippen LogP contribution in [-0.2, 0) is 17.5 Å². The number of nitrogens with zero attached hydrogens (tertiary/aromatic N) is 1. The molecule has 1 aliphatic rings. The van der Waals surface area contributed by atoms with Crippen molar-refractivity contribution in [2.75, 3.05) is 0 Å². The Hall–Kier alpha value is -2.87. The summed E-state index contributed by atoms with van der Waals surface area (Å²) >= 11 is 0. The predicted octanol–water partition coefficient (Wildman–Crippen LogP) is 4.70. The van der Waals surface area contributed by atoms with Crippen LogP contribution in [0.4, 0.5) is 18.0 Å². The van der Waals surface area contributed by atoms with Gasteiger partial charge in [-0.25, -0.2) is 0 Å². The van der Waals surface area contributed by atoms with Gasteiger partial charge in [-0.05, 0) is 29.3 Å². The van der Waals surface area contributed by atoms with E-state index in [1.54, 1.807) is 41.1 Å². The van der Waals surface area contributed by atoms with Crippen LogP contribution in [0, 0.1) is 0 Å². The first-order valence-electron chi connectivity index (χ1n) is 8.38. The molecule has 1 saturated heterocycles. The van der Waals surface area contributed by atoms with Crippen molar-refractivity contribution in [2.24, 2.45) is 0 Å². The number of carbonyl (C=O) groups is 2. The second-order valence-corrected chi connectivity index (χ2v) is 8.16. The van der Waals surface area contributed by atoms with Crippen molar-refractivity contribution in [2.45, 2.75) is 18.0 Å². The molecule has 28 heavy (non-hydrogen) atoms. The van der Waals surface area contributed by atoms with Gasteiger partial charge in [-0.15, -0.1) is 0 Å². The molecule has 2 unspecified atom stereocenters. The fourth-order valence-electron chi connectivity index (χ4n) is 3.49. The molecule has 144 valence electrons. The van der Waals surface area contributed by atoms with Crippen molar-refractivity contribution in [3.8, 4) is 0 Å². The Kier molecular flexibility index (Phi) is 4.38. The molecule has 4 nitrogen and oxygen atoms in total. The van der Waals surface area contributed by atoms with Gasteiger partial charge in [0.2, 0.25) is 5.91 Å². The Morgan fingerprint density at radius 3 is 2.50 bits per heavy atom. The zero-order valence-electron chi connectivity index (χ0n) is 14.5. The standard InChI is InChI=1S/C20H15F3N2O2S/c1-28-17(18(26)24-19(28)27)14-6-4-8-16-13(14)9-10-25(16)11-12-5-2-3-7-15(12)20(21,22)23/h2-10,17H,1,11H2,(H,24,26,27). The van der Waals surface area contributed by atoms with E-state index in [0.717, 1.165) is 11.5 Å². The topological polar surface area (TPSA) is 51.1 Å². The number of hydrogen-bond acceptors (Lipinski definition) is 2. The largest absolute Gasteiger partial charge is 0.416 e. The highest BCUT2D eigenvalue weighted by molar-refractivity contribution is 8.28. The monoisotopic (exact) mass is 404 g/mol. The van der Waals surface area contributed by atoms with Crippen molar-refractivity contribution in [3.05, 3.63) is 71.4 Å². The molecule has 2 amide bonds. The summed E-state index contributed by atoms with van der Waals surface area (Å²) in [5, 5.41) is 1.93. The van der Waals surface area contributed by atoms with E-state index in [1.807, 2.05) is 0 Å². The number of nitrogens with one attached hydrogen (secondary N) is 1.